The molecule has 0 bridgehead atoms. The second kappa shape index (κ2) is 4.97. The number of benzene rings is 1. The van der Waals surface area contributed by atoms with Crippen LogP contribution in [0.2, 0.25) is 0 Å². The Bertz CT molecular complexity index is 534. The number of aryl methyl sites for hydroxylation is 1. The molecule has 0 spiro atoms. The second-order valence-electron chi connectivity index (χ2n) is 3.94. The SMILES string of the molecule is O=[N+]([O-])c1ccc2c(ccn2CCCCO)c1. The van der Waals surface area contributed by atoms with Gasteiger partial charge in [0, 0.05) is 42.4 Å². The largest absolute Gasteiger partial charge is 0.396 e. The van der Waals surface area contributed by atoms with E-state index in [4.69, 9.17) is 5.11 Å². The van der Waals surface area contributed by atoms with E-state index in [9.17, 15) is 10.1 Å². The summed E-state index contributed by atoms with van der Waals surface area (Å²) in [4.78, 5) is 10.2. The molecule has 1 heterocycles. The van der Waals surface area contributed by atoms with Gasteiger partial charge in [-0.05, 0) is 25.0 Å². The van der Waals surface area contributed by atoms with E-state index < -0.39 is 0 Å². The molecule has 0 aliphatic carbocycles. The van der Waals surface area contributed by atoms with Crippen LogP contribution in [0.1, 0.15) is 12.8 Å². The van der Waals surface area contributed by atoms with Crippen molar-refractivity contribution in [3.63, 3.8) is 0 Å². The minimum Gasteiger partial charge on any atom is -0.396 e. The van der Waals surface area contributed by atoms with Gasteiger partial charge in [0.25, 0.3) is 5.69 Å². The maximum absolute atomic E-state index is 10.6. The van der Waals surface area contributed by atoms with Crippen LogP contribution in [0.4, 0.5) is 5.69 Å². The number of nitro groups is 1. The third-order valence-corrected chi connectivity index (χ3v) is 2.77. The summed E-state index contributed by atoms with van der Waals surface area (Å²) < 4.78 is 2.05. The first-order chi connectivity index (χ1) is 8.22. The molecule has 0 saturated heterocycles. The molecule has 0 unspecified atom stereocenters. The highest BCUT2D eigenvalue weighted by molar-refractivity contribution is 5.82. The number of hydrogen-bond acceptors (Lipinski definition) is 3. The van der Waals surface area contributed by atoms with Crippen LogP contribution in [0.15, 0.2) is 30.5 Å². The third-order valence-electron chi connectivity index (χ3n) is 2.77. The fourth-order valence-electron chi connectivity index (χ4n) is 1.89. The van der Waals surface area contributed by atoms with Gasteiger partial charge in [-0.1, -0.05) is 0 Å². The highest BCUT2D eigenvalue weighted by Crippen LogP contribution is 2.22. The smallest absolute Gasteiger partial charge is 0.270 e. The number of fused-ring (bicyclic) bond motifs is 1. The zero-order chi connectivity index (χ0) is 12.3. The zero-order valence-electron chi connectivity index (χ0n) is 9.37. The van der Waals surface area contributed by atoms with Gasteiger partial charge in [-0.25, -0.2) is 0 Å². The Morgan fingerprint density at radius 2 is 2.12 bits per heavy atom. The van der Waals surface area contributed by atoms with Gasteiger partial charge in [-0.2, -0.15) is 0 Å². The molecule has 0 aliphatic rings. The van der Waals surface area contributed by atoms with Gasteiger partial charge >= 0.3 is 0 Å². The lowest BCUT2D eigenvalue weighted by molar-refractivity contribution is -0.384. The van der Waals surface area contributed by atoms with Crippen LogP contribution in [-0.4, -0.2) is 21.2 Å². The van der Waals surface area contributed by atoms with E-state index in [-0.39, 0.29) is 17.2 Å². The molecular formula is C12H14N2O3. The second-order valence-corrected chi connectivity index (χ2v) is 3.94. The number of unbranched alkanes of at least 4 members (excludes halogenated alkanes) is 1. The lowest BCUT2D eigenvalue weighted by atomic mass is 10.2. The van der Waals surface area contributed by atoms with Gasteiger partial charge in [-0.3, -0.25) is 10.1 Å². The molecule has 5 nitrogen and oxygen atoms in total. The van der Waals surface area contributed by atoms with Crippen LogP contribution < -0.4 is 0 Å². The number of nitrogens with zero attached hydrogens (tertiary/aromatic N) is 2. The number of aromatic nitrogens is 1. The van der Waals surface area contributed by atoms with Crippen LogP contribution >= 0.6 is 0 Å². The number of aliphatic hydroxyl groups is 1. The molecule has 1 N–H and O–H groups in total. The molecule has 0 amide bonds. The Morgan fingerprint density at radius 1 is 1.29 bits per heavy atom. The van der Waals surface area contributed by atoms with Crippen LogP contribution in [-0.2, 0) is 6.54 Å². The van der Waals surface area contributed by atoms with Crippen molar-refractivity contribution in [1.29, 1.82) is 0 Å². The fourth-order valence-corrected chi connectivity index (χ4v) is 1.89. The van der Waals surface area contributed by atoms with Gasteiger partial charge in [0.05, 0.1) is 4.92 Å². The molecule has 1 aromatic heterocycles. The molecule has 17 heavy (non-hydrogen) atoms. The Morgan fingerprint density at radius 3 is 2.82 bits per heavy atom. The summed E-state index contributed by atoms with van der Waals surface area (Å²) in [6.07, 6.45) is 3.59. The van der Waals surface area contributed by atoms with Crippen molar-refractivity contribution in [2.24, 2.45) is 0 Å². The summed E-state index contributed by atoms with van der Waals surface area (Å²) in [5.41, 5.74) is 1.11. The summed E-state index contributed by atoms with van der Waals surface area (Å²) >= 11 is 0. The standard InChI is InChI=1S/C12H14N2O3/c15-8-2-1-6-13-7-5-10-9-11(14(16)17)3-4-12(10)13/h3-5,7,9,15H,1-2,6,8H2. The monoisotopic (exact) mass is 234 g/mol. The Balaban J connectivity index is 2.25. The minimum absolute atomic E-state index is 0.116. The van der Waals surface area contributed by atoms with Crippen molar-refractivity contribution in [3.05, 3.63) is 40.6 Å². The Kier molecular flexibility index (Phi) is 3.39. The predicted octanol–water partition coefficient (Wildman–Crippen LogP) is 2.32. The first-order valence-electron chi connectivity index (χ1n) is 5.56. The lowest BCUT2D eigenvalue weighted by Gasteiger charge is -2.04. The molecule has 0 aliphatic heterocycles. The van der Waals surface area contributed by atoms with Gasteiger partial charge in [0.2, 0.25) is 0 Å². The van der Waals surface area contributed by atoms with Crippen molar-refractivity contribution in [1.82, 2.24) is 4.57 Å². The van der Waals surface area contributed by atoms with E-state index in [0.717, 1.165) is 30.3 Å². The zero-order valence-corrected chi connectivity index (χ0v) is 9.37. The van der Waals surface area contributed by atoms with Crippen molar-refractivity contribution in [2.75, 3.05) is 6.61 Å². The van der Waals surface area contributed by atoms with Crippen LogP contribution in [0, 0.1) is 10.1 Å². The first-order valence-corrected chi connectivity index (χ1v) is 5.56. The topological polar surface area (TPSA) is 68.3 Å². The molecule has 2 rings (SSSR count). The quantitative estimate of drug-likeness (QED) is 0.490. The van der Waals surface area contributed by atoms with Gasteiger partial charge < -0.3 is 9.67 Å². The molecule has 90 valence electrons. The minimum atomic E-state index is -0.386. The molecule has 2 aromatic rings. The molecule has 1 aromatic carbocycles. The maximum atomic E-state index is 10.6. The van der Waals surface area contributed by atoms with Gasteiger partial charge in [0.15, 0.2) is 0 Å². The summed E-state index contributed by atoms with van der Waals surface area (Å²) in [5, 5.41) is 20.2. The number of non-ortho nitro benzene ring substituents is 1. The number of aliphatic hydroxyl groups excluding tert-OH is 1. The van der Waals surface area contributed by atoms with Crippen molar-refractivity contribution in [3.8, 4) is 0 Å². The maximum Gasteiger partial charge on any atom is 0.270 e. The normalized spacial score (nSPS) is 10.9. The van der Waals surface area contributed by atoms with Crippen LogP contribution in [0.3, 0.4) is 0 Å². The predicted molar refractivity (Wildman–Crippen MR) is 64.9 cm³/mol. The average Bonchev–Trinajstić information content (AvgIpc) is 2.72. The number of hydrogen-bond donors (Lipinski definition) is 1. The van der Waals surface area contributed by atoms with E-state index >= 15 is 0 Å². The summed E-state index contributed by atoms with van der Waals surface area (Å²) in [6.45, 7) is 1.02. The Hall–Kier alpha value is -1.88. The lowest BCUT2D eigenvalue weighted by Crippen LogP contribution is -1.97. The molecular weight excluding hydrogens is 220 g/mol. The third kappa shape index (κ3) is 2.45. The van der Waals surface area contributed by atoms with Crippen molar-refractivity contribution in [2.45, 2.75) is 19.4 Å². The summed E-state index contributed by atoms with van der Waals surface area (Å²) in [7, 11) is 0. The molecule has 0 fully saturated rings. The summed E-state index contributed by atoms with van der Waals surface area (Å²) in [5.74, 6) is 0. The van der Waals surface area contributed by atoms with Crippen molar-refractivity contribution >= 4 is 16.6 Å². The van der Waals surface area contributed by atoms with E-state index in [1.54, 1.807) is 12.1 Å². The molecule has 5 heteroatoms. The van der Waals surface area contributed by atoms with E-state index in [1.807, 2.05) is 12.3 Å². The van der Waals surface area contributed by atoms with Crippen LogP contribution in [0.5, 0.6) is 0 Å². The summed E-state index contributed by atoms with van der Waals surface area (Å²) in [6, 6.07) is 6.75. The molecule has 0 atom stereocenters. The Labute approximate surface area is 98.4 Å². The van der Waals surface area contributed by atoms with Gasteiger partial charge in [-0.15, -0.1) is 0 Å². The van der Waals surface area contributed by atoms with E-state index in [0.29, 0.717) is 0 Å². The average molecular weight is 234 g/mol. The molecule has 0 radical (unpaired) electrons. The fraction of sp³-hybridized carbons (Fsp3) is 0.333. The highest BCUT2D eigenvalue weighted by atomic mass is 16.6. The first kappa shape index (κ1) is 11.6. The van der Waals surface area contributed by atoms with Crippen molar-refractivity contribution < 1.29 is 10.0 Å². The van der Waals surface area contributed by atoms with Crippen LogP contribution in [0.25, 0.3) is 10.9 Å². The number of nitro benzene ring substituents is 1. The van der Waals surface area contributed by atoms with Gasteiger partial charge in [0.1, 0.15) is 0 Å². The molecule has 0 saturated carbocycles. The van der Waals surface area contributed by atoms with E-state index in [2.05, 4.69) is 4.57 Å². The number of rotatable bonds is 5. The van der Waals surface area contributed by atoms with E-state index in [1.165, 1.54) is 6.07 Å². The highest BCUT2D eigenvalue weighted by Gasteiger charge is 2.08.